The summed E-state index contributed by atoms with van der Waals surface area (Å²) in [6, 6.07) is 12.3. The molecular weight excluding hydrogens is 378 g/mol. The van der Waals surface area contributed by atoms with Gasteiger partial charge in [-0.1, -0.05) is 24.3 Å². The number of benzene rings is 2. The summed E-state index contributed by atoms with van der Waals surface area (Å²) < 4.78 is 31.0. The summed E-state index contributed by atoms with van der Waals surface area (Å²) in [6.07, 6.45) is 0. The Labute approximate surface area is 166 Å². The number of aryl methyl sites for hydroxylation is 1. The third-order valence-corrected chi connectivity index (χ3v) is 6.26. The van der Waals surface area contributed by atoms with E-state index >= 15 is 0 Å². The van der Waals surface area contributed by atoms with Crippen LogP contribution in [-0.4, -0.2) is 46.4 Å². The Kier molecular flexibility index (Phi) is 7.17. The fraction of sp³-hybridized carbons (Fsp3) is 0.350. The number of hydrogen-bond acceptors (Lipinski definition) is 5. The van der Waals surface area contributed by atoms with Crippen LogP contribution in [0.5, 0.6) is 5.75 Å². The van der Waals surface area contributed by atoms with Gasteiger partial charge in [-0.05, 0) is 43.2 Å². The van der Waals surface area contributed by atoms with Gasteiger partial charge in [0.25, 0.3) is 0 Å². The van der Waals surface area contributed by atoms with E-state index < -0.39 is 10.0 Å². The Hall–Kier alpha value is -2.42. The number of nitrogens with one attached hydrogen (secondary N) is 2. The predicted molar refractivity (Wildman–Crippen MR) is 110 cm³/mol. The molecule has 0 aromatic heterocycles. The van der Waals surface area contributed by atoms with Crippen molar-refractivity contribution in [1.29, 1.82) is 0 Å². The average molecular weight is 406 g/mol. The van der Waals surface area contributed by atoms with E-state index in [9.17, 15) is 13.2 Å². The Morgan fingerprint density at radius 1 is 1.18 bits per heavy atom. The highest BCUT2D eigenvalue weighted by atomic mass is 32.2. The van der Waals surface area contributed by atoms with Crippen LogP contribution in [0.25, 0.3) is 0 Å². The Morgan fingerprint density at radius 2 is 1.86 bits per heavy atom. The van der Waals surface area contributed by atoms with Gasteiger partial charge in [-0.25, -0.2) is 12.7 Å². The first kappa shape index (κ1) is 21.9. The number of amides is 1. The van der Waals surface area contributed by atoms with Gasteiger partial charge in [0.15, 0.2) is 0 Å². The van der Waals surface area contributed by atoms with Crippen molar-refractivity contribution < 1.29 is 17.9 Å². The number of carbonyl (C=O) groups is 1. The second-order valence-electron chi connectivity index (χ2n) is 6.66. The van der Waals surface area contributed by atoms with Gasteiger partial charge in [-0.3, -0.25) is 4.79 Å². The number of ether oxygens (including phenoxy) is 1. The minimum atomic E-state index is -3.62. The molecule has 0 aliphatic carbocycles. The minimum Gasteiger partial charge on any atom is -0.495 e. The van der Waals surface area contributed by atoms with Crippen LogP contribution in [0.1, 0.15) is 24.1 Å². The highest BCUT2D eigenvalue weighted by Gasteiger charge is 2.20. The maximum Gasteiger partial charge on any atom is 0.242 e. The van der Waals surface area contributed by atoms with Crippen molar-refractivity contribution in [3.05, 3.63) is 53.6 Å². The molecule has 2 aromatic carbocycles. The van der Waals surface area contributed by atoms with Crippen LogP contribution in [0.15, 0.2) is 47.4 Å². The Balaban J connectivity index is 2.11. The van der Waals surface area contributed by atoms with E-state index in [2.05, 4.69) is 10.6 Å². The van der Waals surface area contributed by atoms with Gasteiger partial charge in [0, 0.05) is 20.1 Å². The molecule has 0 aliphatic rings. The van der Waals surface area contributed by atoms with Crippen LogP contribution in [0.2, 0.25) is 0 Å². The fourth-order valence-corrected chi connectivity index (χ4v) is 3.71. The SMILES string of the molecule is COc1ccc(S(=O)(=O)N(C)C)cc1NC(=O)CNC(C)c1ccccc1C. The average Bonchev–Trinajstić information content (AvgIpc) is 2.66. The molecule has 7 nitrogen and oxygen atoms in total. The molecule has 1 amide bonds. The number of anilines is 1. The number of carbonyl (C=O) groups excluding carboxylic acids is 1. The van der Waals surface area contributed by atoms with Gasteiger partial charge in [0.05, 0.1) is 24.2 Å². The zero-order valence-corrected chi connectivity index (χ0v) is 17.6. The third-order valence-electron chi connectivity index (χ3n) is 4.45. The largest absolute Gasteiger partial charge is 0.495 e. The van der Waals surface area contributed by atoms with Crippen molar-refractivity contribution in [3.63, 3.8) is 0 Å². The second kappa shape index (κ2) is 9.18. The van der Waals surface area contributed by atoms with Gasteiger partial charge >= 0.3 is 0 Å². The zero-order chi connectivity index (χ0) is 20.9. The van der Waals surface area contributed by atoms with E-state index in [1.807, 2.05) is 38.1 Å². The summed E-state index contributed by atoms with van der Waals surface area (Å²) in [7, 11) is 0.752. The first-order chi connectivity index (χ1) is 13.2. The molecule has 0 spiro atoms. The van der Waals surface area contributed by atoms with Gasteiger partial charge in [0.1, 0.15) is 5.75 Å². The monoisotopic (exact) mass is 405 g/mol. The molecule has 0 saturated heterocycles. The maximum absolute atomic E-state index is 12.4. The first-order valence-corrected chi connectivity index (χ1v) is 10.3. The van der Waals surface area contributed by atoms with Crippen molar-refractivity contribution in [2.45, 2.75) is 24.8 Å². The number of rotatable bonds is 8. The van der Waals surface area contributed by atoms with Crippen molar-refractivity contribution in [3.8, 4) is 5.75 Å². The highest BCUT2D eigenvalue weighted by molar-refractivity contribution is 7.89. The number of nitrogens with zero attached hydrogens (tertiary/aromatic N) is 1. The van der Waals surface area contributed by atoms with Crippen LogP contribution in [0, 0.1) is 6.92 Å². The molecule has 0 radical (unpaired) electrons. The normalized spacial score (nSPS) is 12.6. The molecule has 0 fully saturated rings. The van der Waals surface area contributed by atoms with E-state index in [0.29, 0.717) is 11.4 Å². The fourth-order valence-electron chi connectivity index (χ4n) is 2.78. The van der Waals surface area contributed by atoms with E-state index in [-0.39, 0.29) is 23.4 Å². The third kappa shape index (κ3) is 5.09. The van der Waals surface area contributed by atoms with Crippen LogP contribution >= 0.6 is 0 Å². The van der Waals surface area contributed by atoms with Crippen molar-refractivity contribution in [2.24, 2.45) is 0 Å². The van der Waals surface area contributed by atoms with Crippen LogP contribution in [0.3, 0.4) is 0 Å². The lowest BCUT2D eigenvalue weighted by Gasteiger charge is -2.17. The molecule has 8 heteroatoms. The van der Waals surface area contributed by atoms with Crippen LogP contribution in [0.4, 0.5) is 5.69 Å². The van der Waals surface area contributed by atoms with E-state index in [1.165, 1.54) is 39.4 Å². The Bertz CT molecular complexity index is 942. The standard InChI is InChI=1S/C20H27N3O4S/c1-14-8-6-7-9-17(14)15(2)21-13-20(24)22-18-12-16(10-11-19(18)27-5)28(25,26)23(3)4/h6-12,15,21H,13H2,1-5H3,(H,22,24). The summed E-state index contributed by atoms with van der Waals surface area (Å²) in [5.74, 6) is 0.0937. The quantitative estimate of drug-likeness (QED) is 0.705. The summed E-state index contributed by atoms with van der Waals surface area (Å²) in [5, 5.41) is 5.91. The van der Waals surface area contributed by atoms with Gasteiger partial charge < -0.3 is 15.4 Å². The molecular formula is C20H27N3O4S. The molecule has 1 unspecified atom stereocenters. The van der Waals surface area contributed by atoms with E-state index in [0.717, 1.165) is 15.4 Å². The van der Waals surface area contributed by atoms with Crippen molar-refractivity contribution in [2.75, 3.05) is 33.1 Å². The van der Waals surface area contributed by atoms with Crippen LogP contribution in [-0.2, 0) is 14.8 Å². The van der Waals surface area contributed by atoms with E-state index in [1.54, 1.807) is 0 Å². The molecule has 28 heavy (non-hydrogen) atoms. The first-order valence-electron chi connectivity index (χ1n) is 8.86. The maximum atomic E-state index is 12.4. The molecule has 0 bridgehead atoms. The van der Waals surface area contributed by atoms with Gasteiger partial charge in [0.2, 0.25) is 15.9 Å². The lowest BCUT2D eigenvalue weighted by molar-refractivity contribution is -0.115. The second-order valence-corrected chi connectivity index (χ2v) is 8.81. The predicted octanol–water partition coefficient (Wildman–Crippen LogP) is 2.54. The minimum absolute atomic E-state index is 0.00528. The molecule has 2 N–H and O–H groups in total. The van der Waals surface area contributed by atoms with E-state index in [4.69, 9.17) is 4.74 Å². The van der Waals surface area contributed by atoms with Crippen LogP contribution < -0.4 is 15.4 Å². The summed E-state index contributed by atoms with van der Waals surface area (Å²) in [4.78, 5) is 12.5. The Morgan fingerprint density at radius 3 is 2.46 bits per heavy atom. The molecule has 0 saturated carbocycles. The van der Waals surface area contributed by atoms with Crippen molar-refractivity contribution in [1.82, 2.24) is 9.62 Å². The summed E-state index contributed by atoms with van der Waals surface area (Å²) in [6.45, 7) is 4.08. The molecule has 1 atom stereocenters. The smallest absolute Gasteiger partial charge is 0.242 e. The lowest BCUT2D eigenvalue weighted by Crippen LogP contribution is -2.30. The lowest BCUT2D eigenvalue weighted by atomic mass is 10.0. The summed E-state index contributed by atoms with van der Waals surface area (Å²) in [5.41, 5.74) is 2.57. The zero-order valence-electron chi connectivity index (χ0n) is 16.8. The molecule has 0 heterocycles. The van der Waals surface area contributed by atoms with Gasteiger partial charge in [-0.2, -0.15) is 0 Å². The number of sulfonamides is 1. The molecule has 2 rings (SSSR count). The number of hydrogen-bond donors (Lipinski definition) is 2. The highest BCUT2D eigenvalue weighted by Crippen LogP contribution is 2.28. The van der Waals surface area contributed by atoms with Gasteiger partial charge in [-0.15, -0.1) is 0 Å². The molecule has 0 aliphatic heterocycles. The summed E-state index contributed by atoms with van der Waals surface area (Å²) >= 11 is 0. The topological polar surface area (TPSA) is 87.7 Å². The molecule has 152 valence electrons. The number of methoxy groups -OCH3 is 1. The van der Waals surface area contributed by atoms with Crippen molar-refractivity contribution >= 4 is 21.6 Å². The molecule has 2 aromatic rings.